The predicted molar refractivity (Wildman–Crippen MR) is 42.1 cm³/mol. The average molecular weight is 152 g/mol. The minimum atomic E-state index is 0.203. The van der Waals surface area contributed by atoms with E-state index >= 15 is 0 Å². The normalized spacial score (nSPS) is 29.7. The van der Waals surface area contributed by atoms with Crippen LogP contribution >= 0.6 is 0 Å². The molecule has 1 atom stereocenters. The molecule has 2 aliphatic rings. The van der Waals surface area contributed by atoms with Gasteiger partial charge in [-0.25, -0.2) is 0 Å². The van der Waals surface area contributed by atoms with Crippen molar-refractivity contribution in [3.8, 4) is 0 Å². The Bertz CT molecular complexity index is 216. The van der Waals surface area contributed by atoms with Gasteiger partial charge in [0.1, 0.15) is 18.5 Å². The molecule has 0 spiro atoms. The van der Waals surface area contributed by atoms with Crippen LogP contribution in [-0.4, -0.2) is 19.3 Å². The summed E-state index contributed by atoms with van der Waals surface area (Å²) in [6.45, 7) is 3.55. The van der Waals surface area contributed by atoms with Crippen LogP contribution in [0, 0.1) is 0 Å². The first-order chi connectivity index (χ1) is 5.36. The molecule has 1 heterocycles. The van der Waals surface area contributed by atoms with Crippen molar-refractivity contribution in [2.24, 2.45) is 0 Å². The number of hydrogen-bond donors (Lipinski definition) is 0. The Kier molecular flexibility index (Phi) is 1.70. The SMILES string of the molecule is CC1=CC=C2OCCOC2C1. The molecule has 0 bridgehead atoms. The minimum absolute atomic E-state index is 0.203. The Hall–Kier alpha value is -0.760. The van der Waals surface area contributed by atoms with E-state index in [0.29, 0.717) is 6.61 Å². The van der Waals surface area contributed by atoms with Crippen LogP contribution < -0.4 is 0 Å². The van der Waals surface area contributed by atoms with Crippen LogP contribution in [0.25, 0.3) is 0 Å². The summed E-state index contributed by atoms with van der Waals surface area (Å²) in [5.74, 6) is 1.00. The van der Waals surface area contributed by atoms with Crippen LogP contribution in [0.5, 0.6) is 0 Å². The fourth-order valence-corrected chi connectivity index (χ4v) is 1.42. The molecular weight excluding hydrogens is 140 g/mol. The predicted octanol–water partition coefficient (Wildman–Crippen LogP) is 1.64. The monoisotopic (exact) mass is 152 g/mol. The lowest BCUT2D eigenvalue weighted by molar-refractivity contribution is -0.0425. The molecule has 1 unspecified atom stereocenters. The third kappa shape index (κ3) is 1.31. The molecule has 2 rings (SSSR count). The van der Waals surface area contributed by atoms with E-state index in [9.17, 15) is 0 Å². The van der Waals surface area contributed by atoms with Crippen LogP contribution in [0.1, 0.15) is 13.3 Å². The van der Waals surface area contributed by atoms with Gasteiger partial charge < -0.3 is 9.47 Å². The van der Waals surface area contributed by atoms with Gasteiger partial charge in [-0.15, -0.1) is 0 Å². The zero-order chi connectivity index (χ0) is 7.68. The Morgan fingerprint density at radius 1 is 1.36 bits per heavy atom. The summed E-state index contributed by atoms with van der Waals surface area (Å²) >= 11 is 0. The van der Waals surface area contributed by atoms with E-state index in [2.05, 4.69) is 13.0 Å². The Morgan fingerprint density at radius 2 is 2.27 bits per heavy atom. The molecule has 1 fully saturated rings. The summed E-state index contributed by atoms with van der Waals surface area (Å²) in [5.41, 5.74) is 1.37. The van der Waals surface area contributed by atoms with E-state index in [0.717, 1.165) is 18.8 Å². The number of hydrogen-bond acceptors (Lipinski definition) is 2. The van der Waals surface area contributed by atoms with Crippen molar-refractivity contribution in [2.75, 3.05) is 13.2 Å². The molecule has 2 nitrogen and oxygen atoms in total. The zero-order valence-electron chi connectivity index (χ0n) is 6.67. The number of allylic oxidation sites excluding steroid dienone is 2. The van der Waals surface area contributed by atoms with Gasteiger partial charge in [0.25, 0.3) is 0 Å². The van der Waals surface area contributed by atoms with E-state index < -0.39 is 0 Å². The first-order valence-electron chi connectivity index (χ1n) is 3.98. The van der Waals surface area contributed by atoms with Crippen LogP contribution in [0.2, 0.25) is 0 Å². The lowest BCUT2D eigenvalue weighted by Crippen LogP contribution is -2.28. The maximum absolute atomic E-state index is 5.52. The van der Waals surface area contributed by atoms with Gasteiger partial charge in [0, 0.05) is 6.42 Å². The smallest absolute Gasteiger partial charge is 0.125 e. The Labute approximate surface area is 66.5 Å². The van der Waals surface area contributed by atoms with Crippen LogP contribution in [0.3, 0.4) is 0 Å². The second-order valence-corrected chi connectivity index (χ2v) is 2.99. The standard InChI is InChI=1S/C9H12O2/c1-7-2-3-8-9(6-7)11-5-4-10-8/h2-3,9H,4-6H2,1H3. The molecule has 0 radical (unpaired) electrons. The van der Waals surface area contributed by atoms with E-state index in [1.54, 1.807) is 0 Å². The largest absolute Gasteiger partial charge is 0.493 e. The summed E-state index contributed by atoms with van der Waals surface area (Å²) in [5, 5.41) is 0. The second kappa shape index (κ2) is 2.70. The average Bonchev–Trinajstić information content (AvgIpc) is 2.04. The van der Waals surface area contributed by atoms with Crippen molar-refractivity contribution in [1.82, 2.24) is 0 Å². The first-order valence-corrected chi connectivity index (χ1v) is 3.98. The molecule has 0 N–H and O–H groups in total. The maximum atomic E-state index is 5.52. The molecule has 60 valence electrons. The maximum Gasteiger partial charge on any atom is 0.125 e. The lowest BCUT2D eigenvalue weighted by Gasteiger charge is -2.28. The van der Waals surface area contributed by atoms with Crippen molar-refractivity contribution in [2.45, 2.75) is 19.4 Å². The summed E-state index contributed by atoms with van der Waals surface area (Å²) < 4.78 is 10.9. The van der Waals surface area contributed by atoms with Gasteiger partial charge in [-0.1, -0.05) is 11.6 Å². The molecule has 0 aromatic heterocycles. The fourth-order valence-electron chi connectivity index (χ4n) is 1.42. The summed E-state index contributed by atoms with van der Waals surface area (Å²) in [6, 6.07) is 0. The highest BCUT2D eigenvalue weighted by molar-refractivity contribution is 5.23. The molecule has 11 heavy (non-hydrogen) atoms. The van der Waals surface area contributed by atoms with Crippen molar-refractivity contribution < 1.29 is 9.47 Å². The Balaban J connectivity index is 2.16. The first kappa shape index (κ1) is 6.92. The molecule has 1 aliphatic carbocycles. The highest BCUT2D eigenvalue weighted by Crippen LogP contribution is 2.24. The van der Waals surface area contributed by atoms with Crippen molar-refractivity contribution in [1.29, 1.82) is 0 Å². The highest BCUT2D eigenvalue weighted by atomic mass is 16.6. The summed E-state index contributed by atoms with van der Waals surface area (Å²) in [7, 11) is 0. The molecule has 1 saturated heterocycles. The number of rotatable bonds is 0. The van der Waals surface area contributed by atoms with E-state index in [-0.39, 0.29) is 6.10 Å². The second-order valence-electron chi connectivity index (χ2n) is 2.99. The van der Waals surface area contributed by atoms with Crippen LogP contribution in [0.15, 0.2) is 23.5 Å². The number of fused-ring (bicyclic) bond motifs is 1. The van der Waals surface area contributed by atoms with Gasteiger partial charge in [0.15, 0.2) is 0 Å². The highest BCUT2D eigenvalue weighted by Gasteiger charge is 2.22. The molecule has 0 aromatic rings. The lowest BCUT2D eigenvalue weighted by atomic mass is 10.0. The quantitative estimate of drug-likeness (QED) is 0.525. The molecule has 0 amide bonds. The van der Waals surface area contributed by atoms with Crippen LogP contribution in [-0.2, 0) is 9.47 Å². The topological polar surface area (TPSA) is 18.5 Å². The number of ether oxygens (including phenoxy) is 2. The fraction of sp³-hybridized carbons (Fsp3) is 0.556. The van der Waals surface area contributed by atoms with Crippen molar-refractivity contribution in [3.63, 3.8) is 0 Å². The van der Waals surface area contributed by atoms with Crippen LogP contribution in [0.4, 0.5) is 0 Å². The summed E-state index contributed by atoms with van der Waals surface area (Å²) in [4.78, 5) is 0. The van der Waals surface area contributed by atoms with Gasteiger partial charge in [0.2, 0.25) is 0 Å². The van der Waals surface area contributed by atoms with E-state index in [1.165, 1.54) is 5.57 Å². The van der Waals surface area contributed by atoms with Gasteiger partial charge in [-0.3, -0.25) is 0 Å². The minimum Gasteiger partial charge on any atom is -0.493 e. The molecular formula is C9H12O2. The molecule has 0 saturated carbocycles. The molecule has 2 heteroatoms. The van der Waals surface area contributed by atoms with Gasteiger partial charge >= 0.3 is 0 Å². The Morgan fingerprint density at radius 3 is 3.18 bits per heavy atom. The van der Waals surface area contributed by atoms with Gasteiger partial charge in [-0.2, -0.15) is 0 Å². The zero-order valence-corrected chi connectivity index (χ0v) is 6.67. The third-order valence-electron chi connectivity index (χ3n) is 2.03. The van der Waals surface area contributed by atoms with E-state index in [1.807, 2.05) is 6.08 Å². The van der Waals surface area contributed by atoms with Gasteiger partial charge in [0.05, 0.1) is 6.61 Å². The van der Waals surface area contributed by atoms with Crippen molar-refractivity contribution >= 4 is 0 Å². The van der Waals surface area contributed by atoms with E-state index in [4.69, 9.17) is 9.47 Å². The molecule has 1 aliphatic heterocycles. The third-order valence-corrected chi connectivity index (χ3v) is 2.03. The summed E-state index contributed by atoms with van der Waals surface area (Å²) in [6.07, 6.45) is 5.31. The van der Waals surface area contributed by atoms with Crippen molar-refractivity contribution in [3.05, 3.63) is 23.5 Å². The molecule has 0 aromatic carbocycles. The van der Waals surface area contributed by atoms with Gasteiger partial charge in [-0.05, 0) is 13.0 Å².